The van der Waals surface area contributed by atoms with Crippen molar-refractivity contribution in [2.75, 3.05) is 18.5 Å². The minimum Gasteiger partial charge on any atom is -0.486 e. The van der Waals surface area contributed by atoms with Gasteiger partial charge in [0.05, 0.1) is 24.2 Å². The predicted molar refractivity (Wildman–Crippen MR) is 120 cm³/mol. The lowest BCUT2D eigenvalue weighted by Gasteiger charge is -2.15. The second kappa shape index (κ2) is 8.28. The standard InChI is InChI=1S/C22H21F2N7O3/c1-10-17(14-9-27-29-19(14)20(18(10)24)34-5-3-26-22(25)33)11-2-4-31-12(6-11)7-16(30-31)28-21(32)13-8-15(13)23/h2,4,6-7,9,13,15H,3,5,8H2,1H3,(H,27,29)(H3,25,26,33)(H,28,30,32)/t13-,15+/m1/s1. The van der Waals surface area contributed by atoms with Gasteiger partial charge in [0.15, 0.2) is 17.4 Å². The number of carbonyl (C=O) groups excluding carboxylic acids is 2. The van der Waals surface area contributed by atoms with Crippen molar-refractivity contribution < 1.29 is 23.1 Å². The highest BCUT2D eigenvalue weighted by molar-refractivity contribution is 6.00. The summed E-state index contributed by atoms with van der Waals surface area (Å²) in [6.45, 7) is 1.78. The molecule has 2 atom stereocenters. The number of anilines is 1. The highest BCUT2D eigenvalue weighted by Crippen LogP contribution is 2.40. The number of hydrogen-bond acceptors (Lipinski definition) is 5. The van der Waals surface area contributed by atoms with Gasteiger partial charge in [0.2, 0.25) is 5.91 Å². The van der Waals surface area contributed by atoms with E-state index in [1.54, 1.807) is 36.0 Å². The third-order valence-electron chi connectivity index (χ3n) is 5.74. The van der Waals surface area contributed by atoms with E-state index >= 15 is 4.39 Å². The lowest BCUT2D eigenvalue weighted by atomic mass is 9.96. The number of primary amides is 1. The van der Waals surface area contributed by atoms with Gasteiger partial charge in [0, 0.05) is 17.6 Å². The van der Waals surface area contributed by atoms with Crippen molar-refractivity contribution in [3.63, 3.8) is 0 Å². The van der Waals surface area contributed by atoms with Crippen LogP contribution in [0.3, 0.4) is 0 Å². The normalized spacial score (nSPS) is 17.1. The van der Waals surface area contributed by atoms with Crippen LogP contribution in [-0.2, 0) is 4.79 Å². The summed E-state index contributed by atoms with van der Waals surface area (Å²) in [5, 5.41) is 16.8. The average molecular weight is 469 g/mol. The van der Waals surface area contributed by atoms with Crippen LogP contribution in [0.2, 0.25) is 0 Å². The zero-order chi connectivity index (χ0) is 24.0. The Morgan fingerprint density at radius 1 is 1.38 bits per heavy atom. The molecule has 0 radical (unpaired) electrons. The molecule has 3 aromatic heterocycles. The minimum absolute atomic E-state index is 0.00157. The first kappa shape index (κ1) is 21.6. The number of ether oxygens (including phenoxy) is 1. The number of amides is 3. The lowest BCUT2D eigenvalue weighted by Crippen LogP contribution is -2.32. The maximum atomic E-state index is 15.3. The Morgan fingerprint density at radius 3 is 2.91 bits per heavy atom. The van der Waals surface area contributed by atoms with E-state index in [0.29, 0.717) is 38.9 Å². The van der Waals surface area contributed by atoms with Crippen LogP contribution in [0, 0.1) is 18.7 Å². The van der Waals surface area contributed by atoms with Crippen molar-refractivity contribution in [3.05, 3.63) is 42.0 Å². The zero-order valence-electron chi connectivity index (χ0n) is 18.1. The number of alkyl halides is 1. The summed E-state index contributed by atoms with van der Waals surface area (Å²) in [6, 6.07) is 4.55. The zero-order valence-corrected chi connectivity index (χ0v) is 18.1. The van der Waals surface area contributed by atoms with Crippen LogP contribution in [0.4, 0.5) is 19.4 Å². The van der Waals surface area contributed by atoms with Crippen LogP contribution >= 0.6 is 0 Å². The van der Waals surface area contributed by atoms with Crippen LogP contribution in [0.1, 0.15) is 12.0 Å². The molecule has 3 amide bonds. The number of nitrogens with one attached hydrogen (secondary N) is 3. The number of H-pyrrole nitrogens is 1. The fourth-order valence-corrected chi connectivity index (χ4v) is 3.94. The summed E-state index contributed by atoms with van der Waals surface area (Å²) in [5.41, 5.74) is 7.76. The largest absolute Gasteiger partial charge is 0.486 e. The highest BCUT2D eigenvalue weighted by atomic mass is 19.1. The molecule has 4 aromatic rings. The number of rotatable bonds is 7. The van der Waals surface area contributed by atoms with E-state index in [1.807, 2.05) is 6.07 Å². The quantitative estimate of drug-likeness (QED) is 0.308. The van der Waals surface area contributed by atoms with Crippen molar-refractivity contribution in [1.82, 2.24) is 25.1 Å². The van der Waals surface area contributed by atoms with Gasteiger partial charge in [-0.3, -0.25) is 9.89 Å². The van der Waals surface area contributed by atoms with E-state index in [2.05, 4.69) is 25.9 Å². The van der Waals surface area contributed by atoms with E-state index < -0.39 is 29.8 Å². The van der Waals surface area contributed by atoms with Crippen LogP contribution in [0.5, 0.6) is 5.75 Å². The minimum atomic E-state index is -1.09. The number of pyridine rings is 1. The summed E-state index contributed by atoms with van der Waals surface area (Å²) in [7, 11) is 0. The Kier molecular flexibility index (Phi) is 5.27. The Labute approximate surface area is 191 Å². The molecule has 1 aliphatic rings. The van der Waals surface area contributed by atoms with Crippen LogP contribution in [0.25, 0.3) is 27.5 Å². The number of fused-ring (bicyclic) bond motifs is 2. The van der Waals surface area contributed by atoms with Crippen molar-refractivity contribution in [2.24, 2.45) is 11.7 Å². The van der Waals surface area contributed by atoms with E-state index in [-0.39, 0.29) is 25.3 Å². The van der Waals surface area contributed by atoms with Gasteiger partial charge in [0.1, 0.15) is 18.3 Å². The van der Waals surface area contributed by atoms with Crippen molar-refractivity contribution >= 4 is 34.2 Å². The van der Waals surface area contributed by atoms with Gasteiger partial charge >= 0.3 is 6.03 Å². The number of halogens is 2. The van der Waals surface area contributed by atoms with Crippen LogP contribution in [0.15, 0.2) is 30.6 Å². The fraction of sp³-hybridized carbons (Fsp3) is 0.273. The smallest absolute Gasteiger partial charge is 0.312 e. The first-order chi connectivity index (χ1) is 16.3. The number of aromatic nitrogens is 4. The third kappa shape index (κ3) is 3.87. The molecule has 0 bridgehead atoms. The number of nitrogens with two attached hydrogens (primary N) is 1. The molecular weight excluding hydrogens is 448 g/mol. The average Bonchev–Trinajstić information content (AvgIpc) is 3.17. The Morgan fingerprint density at radius 2 is 2.18 bits per heavy atom. The molecule has 1 saturated carbocycles. The van der Waals surface area contributed by atoms with Crippen LogP contribution in [-0.4, -0.2) is 51.1 Å². The summed E-state index contributed by atoms with van der Waals surface area (Å²) in [6.07, 6.45) is 2.42. The molecule has 1 aromatic carbocycles. The number of carbonyl (C=O) groups is 2. The molecular formula is C22H21F2N7O3. The van der Waals surface area contributed by atoms with Gasteiger partial charge in [0.25, 0.3) is 0 Å². The molecule has 1 fully saturated rings. The molecule has 176 valence electrons. The van der Waals surface area contributed by atoms with Crippen molar-refractivity contribution in [1.29, 1.82) is 0 Å². The van der Waals surface area contributed by atoms with Crippen molar-refractivity contribution in [2.45, 2.75) is 19.5 Å². The third-order valence-corrected chi connectivity index (χ3v) is 5.74. The lowest BCUT2D eigenvalue weighted by molar-refractivity contribution is -0.117. The topological polar surface area (TPSA) is 139 Å². The van der Waals surface area contributed by atoms with E-state index in [4.69, 9.17) is 10.5 Å². The molecule has 5 rings (SSSR count). The SMILES string of the molecule is Cc1c(F)c(OCCNC(N)=O)c2[nH]ncc2c1-c1ccn2nc(NC(=O)[C@@H]3C[C@@H]3F)cc2c1. The number of urea groups is 1. The Bertz CT molecular complexity index is 1430. The molecule has 0 aliphatic heterocycles. The maximum absolute atomic E-state index is 15.3. The first-order valence-electron chi connectivity index (χ1n) is 10.6. The van der Waals surface area contributed by atoms with E-state index in [9.17, 15) is 14.0 Å². The first-order valence-corrected chi connectivity index (χ1v) is 10.6. The van der Waals surface area contributed by atoms with E-state index in [1.165, 1.54) is 0 Å². The summed E-state index contributed by atoms with van der Waals surface area (Å²) >= 11 is 0. The van der Waals surface area contributed by atoms with Gasteiger partial charge in [-0.1, -0.05) is 0 Å². The molecule has 1 aliphatic carbocycles. The second-order valence-corrected chi connectivity index (χ2v) is 8.10. The number of nitrogens with zero attached hydrogens (tertiary/aromatic N) is 3. The Hall–Kier alpha value is -4.22. The summed E-state index contributed by atoms with van der Waals surface area (Å²) < 4.78 is 35.6. The maximum Gasteiger partial charge on any atom is 0.312 e. The second-order valence-electron chi connectivity index (χ2n) is 8.10. The predicted octanol–water partition coefficient (Wildman–Crippen LogP) is 2.67. The molecule has 5 N–H and O–H groups in total. The fourth-order valence-electron chi connectivity index (χ4n) is 3.94. The molecule has 0 spiro atoms. The highest BCUT2D eigenvalue weighted by Gasteiger charge is 2.43. The summed E-state index contributed by atoms with van der Waals surface area (Å²) in [5.74, 6) is -1.26. The summed E-state index contributed by atoms with van der Waals surface area (Å²) in [4.78, 5) is 22.8. The number of hydrogen-bond donors (Lipinski definition) is 4. The van der Waals surface area contributed by atoms with Gasteiger partial charge in [-0.15, -0.1) is 0 Å². The number of aromatic amines is 1. The van der Waals surface area contributed by atoms with Gasteiger partial charge in [-0.2, -0.15) is 10.2 Å². The van der Waals surface area contributed by atoms with Crippen LogP contribution < -0.4 is 21.1 Å². The van der Waals surface area contributed by atoms with Gasteiger partial charge < -0.3 is 21.1 Å². The number of benzene rings is 1. The molecule has 10 nitrogen and oxygen atoms in total. The van der Waals surface area contributed by atoms with Gasteiger partial charge in [-0.25, -0.2) is 18.1 Å². The molecule has 3 heterocycles. The Balaban J connectivity index is 1.47. The molecule has 34 heavy (non-hydrogen) atoms. The molecule has 0 saturated heterocycles. The monoisotopic (exact) mass is 469 g/mol. The molecule has 12 heteroatoms. The van der Waals surface area contributed by atoms with Crippen molar-refractivity contribution in [3.8, 4) is 16.9 Å². The van der Waals surface area contributed by atoms with Gasteiger partial charge in [-0.05, 0) is 42.2 Å². The van der Waals surface area contributed by atoms with E-state index in [0.717, 1.165) is 0 Å². The molecule has 0 unspecified atom stereocenters.